The van der Waals surface area contributed by atoms with Gasteiger partial charge in [-0.3, -0.25) is 0 Å². The first-order valence-corrected chi connectivity index (χ1v) is 11.3. The van der Waals surface area contributed by atoms with E-state index < -0.39 is 0 Å². The van der Waals surface area contributed by atoms with Crippen LogP contribution in [0.3, 0.4) is 0 Å². The van der Waals surface area contributed by atoms with E-state index in [0.717, 1.165) is 22.8 Å². The van der Waals surface area contributed by atoms with Gasteiger partial charge in [0.25, 0.3) is 0 Å². The summed E-state index contributed by atoms with van der Waals surface area (Å²) in [5.41, 5.74) is 3.36. The van der Waals surface area contributed by atoms with Crippen LogP contribution >= 0.6 is 23.3 Å². The number of hydrogen-bond donors (Lipinski definition) is 2. The fraction of sp³-hybridized carbons (Fsp3) is 0.476. The van der Waals surface area contributed by atoms with Crippen LogP contribution in [0.4, 0.5) is 11.4 Å². The first-order chi connectivity index (χ1) is 13.2. The zero-order valence-electron chi connectivity index (χ0n) is 17.1. The Labute approximate surface area is 172 Å². The summed E-state index contributed by atoms with van der Waals surface area (Å²) in [6, 6.07) is 8.24. The highest BCUT2D eigenvalue weighted by molar-refractivity contribution is 8.00. The molecule has 0 bridgehead atoms. The quantitative estimate of drug-likeness (QED) is 0.252. The predicted molar refractivity (Wildman–Crippen MR) is 120 cm³/mol. The molecule has 6 heteroatoms. The predicted octanol–water partition coefficient (Wildman–Crippen LogP) is 6.98. The second-order valence-electron chi connectivity index (χ2n) is 5.83. The second kappa shape index (κ2) is 13.5. The molecule has 2 N–H and O–H groups in total. The van der Waals surface area contributed by atoms with Gasteiger partial charge in [-0.2, -0.15) is 0 Å². The summed E-state index contributed by atoms with van der Waals surface area (Å²) in [6.45, 7) is 9.32. The number of esters is 1. The highest BCUT2D eigenvalue weighted by atomic mass is 32.2. The Bertz CT molecular complexity index is 687. The summed E-state index contributed by atoms with van der Waals surface area (Å²) in [6.07, 6.45) is 5.05. The van der Waals surface area contributed by atoms with Gasteiger partial charge in [-0.15, -0.1) is 11.3 Å². The molecule has 0 saturated heterocycles. The van der Waals surface area contributed by atoms with Crippen molar-refractivity contribution in [3.63, 3.8) is 0 Å². The minimum atomic E-state index is -0.293. The molecule has 1 heterocycles. The van der Waals surface area contributed by atoms with Crippen molar-refractivity contribution in [2.75, 3.05) is 23.7 Å². The molecule has 2 rings (SSSR count). The van der Waals surface area contributed by atoms with Crippen molar-refractivity contribution < 1.29 is 9.53 Å². The monoisotopic (exact) mass is 408 g/mol. The van der Waals surface area contributed by atoms with Crippen LogP contribution in [-0.2, 0) is 4.74 Å². The van der Waals surface area contributed by atoms with E-state index in [1.807, 2.05) is 25.3 Å². The lowest BCUT2D eigenvalue weighted by Crippen LogP contribution is -2.02. The smallest absolute Gasteiger partial charge is 0.349 e. The van der Waals surface area contributed by atoms with Crippen LogP contribution < -0.4 is 10.0 Å². The van der Waals surface area contributed by atoms with Gasteiger partial charge in [0.2, 0.25) is 0 Å². The van der Waals surface area contributed by atoms with Gasteiger partial charge in [-0.25, -0.2) is 4.79 Å². The molecule has 0 atom stereocenters. The van der Waals surface area contributed by atoms with E-state index in [1.165, 1.54) is 61.6 Å². The molecule has 0 aliphatic rings. The first-order valence-electron chi connectivity index (χ1n) is 9.59. The highest BCUT2D eigenvalue weighted by Crippen LogP contribution is 2.31. The van der Waals surface area contributed by atoms with E-state index in [2.05, 4.69) is 42.1 Å². The van der Waals surface area contributed by atoms with Crippen molar-refractivity contribution in [3.05, 3.63) is 40.1 Å². The number of hydrogen-bond acceptors (Lipinski definition) is 6. The topological polar surface area (TPSA) is 50.4 Å². The van der Waals surface area contributed by atoms with E-state index in [9.17, 15) is 4.79 Å². The lowest BCUT2D eigenvalue weighted by atomic mass is 10.1. The third kappa shape index (κ3) is 7.85. The molecule has 1 aromatic heterocycles. The molecule has 150 valence electrons. The molecule has 0 spiro atoms. The number of aryl methyl sites for hydroxylation is 1. The largest absolute Gasteiger partial charge is 0.465 e. The third-order valence-corrected chi connectivity index (χ3v) is 5.76. The van der Waals surface area contributed by atoms with Gasteiger partial charge < -0.3 is 14.8 Å². The maximum atomic E-state index is 11.7. The maximum absolute atomic E-state index is 11.7. The SMILES string of the molecule is CC.CCCCCCNc1ccc(NSc2ccsc2C(=O)OC)c(C)c1. The standard InChI is InChI=1S/C19H26N2O2S2.C2H6/c1-4-5-6-7-11-20-15-8-9-16(14(2)13-15)21-25-17-10-12-24-18(17)19(22)23-3;1-2/h8-10,12-13,20-21H,4-7,11H2,1-3H3;1-2H3. The summed E-state index contributed by atoms with van der Waals surface area (Å²) in [4.78, 5) is 13.2. The van der Waals surface area contributed by atoms with E-state index >= 15 is 0 Å². The number of unbranched alkanes of at least 4 members (excludes halogenated alkanes) is 3. The van der Waals surface area contributed by atoms with Crippen LogP contribution in [0.25, 0.3) is 0 Å². The molecule has 2 aromatic rings. The number of anilines is 2. The van der Waals surface area contributed by atoms with Gasteiger partial charge in [0.15, 0.2) is 0 Å². The van der Waals surface area contributed by atoms with Crippen LogP contribution in [0, 0.1) is 6.92 Å². The number of ether oxygens (including phenoxy) is 1. The summed E-state index contributed by atoms with van der Waals surface area (Å²) >= 11 is 2.83. The van der Waals surface area contributed by atoms with Gasteiger partial charge in [0.1, 0.15) is 4.88 Å². The number of nitrogens with one attached hydrogen (secondary N) is 2. The number of methoxy groups -OCH3 is 1. The van der Waals surface area contributed by atoms with E-state index in [0.29, 0.717) is 4.88 Å². The Kier molecular flexibility index (Phi) is 11.7. The van der Waals surface area contributed by atoms with Gasteiger partial charge in [0, 0.05) is 17.9 Å². The van der Waals surface area contributed by atoms with Gasteiger partial charge in [0.05, 0.1) is 12.0 Å². The molecule has 0 fully saturated rings. The first kappa shape index (κ1) is 23.4. The lowest BCUT2D eigenvalue weighted by Gasteiger charge is -2.12. The average molecular weight is 409 g/mol. The number of thiophene rings is 1. The lowest BCUT2D eigenvalue weighted by molar-refractivity contribution is 0.0603. The zero-order valence-corrected chi connectivity index (χ0v) is 18.7. The Morgan fingerprint density at radius 3 is 2.63 bits per heavy atom. The number of rotatable bonds is 10. The van der Waals surface area contributed by atoms with E-state index in [4.69, 9.17) is 4.74 Å². The van der Waals surface area contributed by atoms with Crippen LogP contribution in [0.1, 0.15) is 61.7 Å². The summed E-state index contributed by atoms with van der Waals surface area (Å²) in [5.74, 6) is -0.293. The van der Waals surface area contributed by atoms with Crippen molar-refractivity contribution in [2.45, 2.75) is 58.3 Å². The number of carbonyl (C=O) groups is 1. The molecule has 1 aromatic carbocycles. The van der Waals surface area contributed by atoms with Gasteiger partial charge >= 0.3 is 5.97 Å². The minimum absolute atomic E-state index is 0.293. The zero-order chi connectivity index (χ0) is 20.1. The average Bonchev–Trinajstić information content (AvgIpc) is 3.16. The van der Waals surface area contributed by atoms with Crippen LogP contribution in [0.2, 0.25) is 0 Å². The fourth-order valence-corrected chi connectivity index (χ4v) is 4.22. The Morgan fingerprint density at radius 2 is 1.96 bits per heavy atom. The minimum Gasteiger partial charge on any atom is -0.465 e. The molecule has 4 nitrogen and oxygen atoms in total. The van der Waals surface area contributed by atoms with Crippen molar-refractivity contribution in [1.29, 1.82) is 0 Å². The molecule has 0 unspecified atom stereocenters. The molecule has 0 radical (unpaired) electrons. The van der Waals surface area contributed by atoms with Crippen molar-refractivity contribution in [2.24, 2.45) is 0 Å². The molecule has 27 heavy (non-hydrogen) atoms. The molecule has 0 saturated carbocycles. The van der Waals surface area contributed by atoms with Crippen LogP contribution in [0.15, 0.2) is 34.5 Å². The van der Waals surface area contributed by atoms with Gasteiger partial charge in [-0.1, -0.05) is 40.0 Å². The van der Waals surface area contributed by atoms with Crippen LogP contribution in [0.5, 0.6) is 0 Å². The highest BCUT2D eigenvalue weighted by Gasteiger charge is 2.14. The van der Waals surface area contributed by atoms with Crippen LogP contribution in [-0.4, -0.2) is 19.6 Å². The van der Waals surface area contributed by atoms with Gasteiger partial charge in [-0.05, 0) is 60.5 Å². The fourth-order valence-electron chi connectivity index (χ4n) is 2.40. The summed E-state index contributed by atoms with van der Waals surface area (Å²) in [5, 5.41) is 5.38. The number of carbonyl (C=O) groups excluding carboxylic acids is 1. The third-order valence-electron chi connectivity index (χ3n) is 3.86. The molecular formula is C21H32N2O2S2. The maximum Gasteiger partial charge on any atom is 0.349 e. The molecular weight excluding hydrogens is 376 g/mol. The molecule has 0 aliphatic heterocycles. The number of benzene rings is 1. The Balaban J connectivity index is 0.00000176. The van der Waals surface area contributed by atoms with Crippen molar-refractivity contribution in [3.8, 4) is 0 Å². The molecule has 0 amide bonds. The van der Waals surface area contributed by atoms with Crippen molar-refractivity contribution >= 4 is 40.6 Å². The van der Waals surface area contributed by atoms with Crippen molar-refractivity contribution in [1.82, 2.24) is 0 Å². The Morgan fingerprint density at radius 1 is 1.19 bits per heavy atom. The molecule has 0 aliphatic carbocycles. The summed E-state index contributed by atoms with van der Waals surface area (Å²) < 4.78 is 8.14. The van der Waals surface area contributed by atoms with E-state index in [-0.39, 0.29) is 5.97 Å². The Hall–Kier alpha value is -1.66. The second-order valence-corrected chi connectivity index (χ2v) is 7.59. The summed E-state index contributed by atoms with van der Waals surface area (Å²) in [7, 11) is 1.40. The normalized spacial score (nSPS) is 9.96. The van der Waals surface area contributed by atoms with E-state index in [1.54, 1.807) is 0 Å².